The van der Waals surface area contributed by atoms with Crippen molar-refractivity contribution in [3.63, 3.8) is 0 Å². The SMILES string of the molecule is NCC#Cc1cc(F)ccc1S(=O)(=O)N1CCOCC1. The zero-order valence-corrected chi connectivity index (χ0v) is 11.6. The highest BCUT2D eigenvalue weighted by Gasteiger charge is 2.28. The van der Waals surface area contributed by atoms with Crippen LogP contribution in [0, 0.1) is 17.7 Å². The quantitative estimate of drug-likeness (QED) is 0.789. The van der Waals surface area contributed by atoms with E-state index in [4.69, 9.17) is 10.5 Å². The number of rotatable bonds is 2. The first-order valence-corrected chi connectivity index (χ1v) is 7.56. The van der Waals surface area contributed by atoms with Crippen LogP contribution in [-0.4, -0.2) is 45.6 Å². The number of hydrogen-bond acceptors (Lipinski definition) is 4. The molecule has 1 fully saturated rings. The van der Waals surface area contributed by atoms with Crippen molar-refractivity contribution < 1.29 is 17.5 Å². The van der Waals surface area contributed by atoms with Gasteiger partial charge in [-0.15, -0.1) is 0 Å². The molecule has 1 heterocycles. The fraction of sp³-hybridized carbons (Fsp3) is 0.385. The van der Waals surface area contributed by atoms with Gasteiger partial charge in [0, 0.05) is 18.7 Å². The zero-order chi connectivity index (χ0) is 14.6. The van der Waals surface area contributed by atoms with E-state index in [1.54, 1.807) is 0 Å². The van der Waals surface area contributed by atoms with Crippen molar-refractivity contribution in [1.82, 2.24) is 4.31 Å². The van der Waals surface area contributed by atoms with Gasteiger partial charge in [-0.05, 0) is 18.2 Å². The Morgan fingerprint density at radius 1 is 1.35 bits per heavy atom. The standard InChI is InChI=1S/C13H15FN2O3S/c14-12-3-4-13(11(10-12)2-1-5-15)20(17,18)16-6-8-19-9-7-16/h3-4,10H,5-9,15H2. The maximum Gasteiger partial charge on any atom is 0.244 e. The van der Waals surface area contributed by atoms with Gasteiger partial charge < -0.3 is 10.5 Å². The second kappa shape index (κ2) is 6.33. The predicted molar refractivity (Wildman–Crippen MR) is 71.9 cm³/mol. The minimum Gasteiger partial charge on any atom is -0.379 e. The van der Waals surface area contributed by atoms with E-state index in [0.717, 1.165) is 12.1 Å². The molecule has 0 aliphatic carbocycles. The summed E-state index contributed by atoms with van der Waals surface area (Å²) >= 11 is 0. The largest absolute Gasteiger partial charge is 0.379 e. The van der Waals surface area contributed by atoms with Gasteiger partial charge in [-0.2, -0.15) is 4.31 Å². The van der Waals surface area contributed by atoms with Crippen LogP contribution >= 0.6 is 0 Å². The lowest BCUT2D eigenvalue weighted by atomic mass is 10.2. The number of ether oxygens (including phenoxy) is 1. The highest BCUT2D eigenvalue weighted by molar-refractivity contribution is 7.89. The number of morpholine rings is 1. The minimum absolute atomic E-state index is 0.00162. The lowest BCUT2D eigenvalue weighted by Gasteiger charge is -2.26. The molecule has 0 unspecified atom stereocenters. The van der Waals surface area contributed by atoms with Gasteiger partial charge >= 0.3 is 0 Å². The van der Waals surface area contributed by atoms with Gasteiger partial charge in [0.25, 0.3) is 0 Å². The van der Waals surface area contributed by atoms with E-state index in [2.05, 4.69) is 11.8 Å². The summed E-state index contributed by atoms with van der Waals surface area (Å²) in [5.41, 5.74) is 5.40. The summed E-state index contributed by atoms with van der Waals surface area (Å²) in [4.78, 5) is 0.00162. The number of halogens is 1. The molecule has 1 aliphatic heterocycles. The van der Waals surface area contributed by atoms with E-state index in [9.17, 15) is 12.8 Å². The normalized spacial score (nSPS) is 16.5. The summed E-state index contributed by atoms with van der Waals surface area (Å²) < 4.78 is 44.8. The van der Waals surface area contributed by atoms with Gasteiger partial charge in [-0.1, -0.05) is 11.8 Å². The summed E-state index contributed by atoms with van der Waals surface area (Å²) in [6.45, 7) is 1.34. The smallest absolute Gasteiger partial charge is 0.244 e. The predicted octanol–water partition coefficient (Wildman–Crippen LogP) is 0.157. The van der Waals surface area contributed by atoms with Crippen LogP contribution in [0.3, 0.4) is 0 Å². The molecule has 0 radical (unpaired) electrons. The highest BCUT2D eigenvalue weighted by atomic mass is 32.2. The molecule has 0 saturated carbocycles. The van der Waals surface area contributed by atoms with Gasteiger partial charge in [0.1, 0.15) is 5.82 Å². The van der Waals surface area contributed by atoms with Crippen LogP contribution in [0.5, 0.6) is 0 Å². The Balaban J connectivity index is 2.45. The molecule has 0 bridgehead atoms. The Morgan fingerprint density at radius 3 is 2.70 bits per heavy atom. The van der Waals surface area contributed by atoms with Gasteiger partial charge in [0.15, 0.2) is 0 Å². The van der Waals surface area contributed by atoms with E-state index in [-0.39, 0.29) is 30.1 Å². The fourth-order valence-corrected chi connectivity index (χ4v) is 3.43. The molecule has 1 aliphatic rings. The average Bonchev–Trinajstić information content (AvgIpc) is 2.46. The maximum atomic E-state index is 13.3. The van der Waals surface area contributed by atoms with Crippen LogP contribution in [0.2, 0.25) is 0 Å². The molecular formula is C13H15FN2O3S. The van der Waals surface area contributed by atoms with E-state index in [1.807, 2.05) is 0 Å². The lowest BCUT2D eigenvalue weighted by Crippen LogP contribution is -2.40. The van der Waals surface area contributed by atoms with Crippen LogP contribution in [-0.2, 0) is 14.8 Å². The molecule has 108 valence electrons. The molecule has 1 saturated heterocycles. The Kier molecular flexibility index (Phi) is 4.73. The molecule has 2 rings (SSSR count). The molecule has 2 N–H and O–H groups in total. The molecule has 0 aromatic heterocycles. The molecule has 1 aromatic carbocycles. The van der Waals surface area contributed by atoms with Crippen molar-refractivity contribution in [3.8, 4) is 11.8 Å². The van der Waals surface area contributed by atoms with Gasteiger partial charge in [0.2, 0.25) is 10.0 Å². The second-order valence-electron chi connectivity index (χ2n) is 4.16. The molecule has 1 aromatic rings. The minimum atomic E-state index is -3.70. The number of nitrogens with two attached hydrogens (primary N) is 1. The summed E-state index contributed by atoms with van der Waals surface area (Å²) in [5, 5.41) is 0. The third-order valence-corrected chi connectivity index (χ3v) is 4.81. The molecule has 0 amide bonds. The molecular weight excluding hydrogens is 283 g/mol. The molecule has 0 spiro atoms. The van der Waals surface area contributed by atoms with Crippen molar-refractivity contribution in [3.05, 3.63) is 29.6 Å². The lowest BCUT2D eigenvalue weighted by molar-refractivity contribution is 0.0730. The molecule has 20 heavy (non-hydrogen) atoms. The summed E-state index contributed by atoms with van der Waals surface area (Å²) in [7, 11) is -3.70. The topological polar surface area (TPSA) is 72.6 Å². The fourth-order valence-electron chi connectivity index (χ4n) is 1.90. The Morgan fingerprint density at radius 2 is 2.05 bits per heavy atom. The van der Waals surface area contributed by atoms with Crippen LogP contribution in [0.25, 0.3) is 0 Å². The van der Waals surface area contributed by atoms with E-state index in [0.29, 0.717) is 13.2 Å². The van der Waals surface area contributed by atoms with Crippen LogP contribution < -0.4 is 5.73 Å². The summed E-state index contributed by atoms with van der Waals surface area (Å²) in [6, 6.07) is 3.46. The van der Waals surface area contributed by atoms with Crippen LogP contribution in [0.4, 0.5) is 4.39 Å². The zero-order valence-electron chi connectivity index (χ0n) is 10.8. The number of sulfonamides is 1. The van der Waals surface area contributed by atoms with Crippen molar-refractivity contribution in [2.75, 3.05) is 32.8 Å². The van der Waals surface area contributed by atoms with E-state index >= 15 is 0 Å². The summed E-state index contributed by atoms with van der Waals surface area (Å²) in [5.74, 6) is 4.62. The third-order valence-electron chi connectivity index (χ3n) is 2.85. The molecule has 0 atom stereocenters. The first-order chi connectivity index (χ1) is 9.55. The first kappa shape index (κ1) is 14.9. The van der Waals surface area contributed by atoms with Gasteiger partial charge in [-0.25, -0.2) is 12.8 Å². The van der Waals surface area contributed by atoms with E-state index in [1.165, 1.54) is 10.4 Å². The van der Waals surface area contributed by atoms with Crippen LogP contribution in [0.15, 0.2) is 23.1 Å². The number of nitrogens with zero attached hydrogens (tertiary/aromatic N) is 1. The van der Waals surface area contributed by atoms with Crippen molar-refractivity contribution in [1.29, 1.82) is 0 Å². The first-order valence-electron chi connectivity index (χ1n) is 6.12. The Bertz CT molecular complexity index is 643. The Labute approximate surface area is 117 Å². The van der Waals surface area contributed by atoms with Crippen molar-refractivity contribution >= 4 is 10.0 Å². The number of hydrogen-bond donors (Lipinski definition) is 1. The van der Waals surface area contributed by atoms with Crippen molar-refractivity contribution in [2.24, 2.45) is 5.73 Å². The maximum absolute atomic E-state index is 13.3. The number of benzene rings is 1. The van der Waals surface area contributed by atoms with Crippen molar-refractivity contribution in [2.45, 2.75) is 4.90 Å². The second-order valence-corrected chi connectivity index (χ2v) is 6.07. The average molecular weight is 298 g/mol. The van der Waals surface area contributed by atoms with Gasteiger partial charge in [-0.3, -0.25) is 0 Å². The Hall–Kier alpha value is -1.46. The third kappa shape index (κ3) is 3.16. The summed E-state index contributed by atoms with van der Waals surface area (Å²) in [6.07, 6.45) is 0. The van der Waals surface area contributed by atoms with Gasteiger partial charge in [0.05, 0.1) is 24.7 Å². The monoisotopic (exact) mass is 298 g/mol. The highest BCUT2D eigenvalue weighted by Crippen LogP contribution is 2.21. The van der Waals surface area contributed by atoms with Crippen LogP contribution in [0.1, 0.15) is 5.56 Å². The van der Waals surface area contributed by atoms with E-state index < -0.39 is 15.8 Å². The molecule has 7 heteroatoms. The molecule has 5 nitrogen and oxygen atoms in total.